The molecule has 0 saturated carbocycles. The van der Waals surface area contributed by atoms with E-state index < -0.39 is 7.26 Å². The zero-order valence-electron chi connectivity index (χ0n) is 9.43. The Hall–Kier alpha value is 1.53. The van der Waals surface area contributed by atoms with Gasteiger partial charge in [-0.3, -0.25) is 0 Å². The average molecular weight is 238 g/mol. The van der Waals surface area contributed by atoms with E-state index in [4.69, 9.17) is 2.74 Å². The molecule has 0 nitrogen and oxygen atoms in total. The molecule has 2 heteroatoms. The minimum Gasteiger partial charge on any atom is -0.0619 e. The maximum absolute atomic E-state index is 7.86. The van der Waals surface area contributed by atoms with E-state index in [1.807, 2.05) is 0 Å². The molecule has 0 aliphatic carbocycles. The van der Waals surface area contributed by atoms with Crippen LogP contribution in [0.25, 0.3) is 0 Å². The van der Waals surface area contributed by atoms with Crippen LogP contribution < -0.4 is 0 Å². The monoisotopic (exact) mass is 238 g/mol. The first kappa shape index (κ1) is 9.62. The Labute approximate surface area is 94.6 Å². The van der Waals surface area contributed by atoms with Gasteiger partial charge >= 0.3 is 0 Å². The summed E-state index contributed by atoms with van der Waals surface area (Å²) in [7, 11) is -1.20. The number of hydrogen-bond acceptors (Lipinski definition) is 0. The van der Waals surface area contributed by atoms with Gasteiger partial charge in [0.1, 0.15) is 0 Å². The molecule has 0 heterocycles. The van der Waals surface area contributed by atoms with Crippen LogP contribution in [0.2, 0.25) is 0 Å². The fraction of sp³-hybridized carbons (Fsp3) is 1.00. The largest absolute Gasteiger partial charge is 0.0708 e. The van der Waals surface area contributed by atoms with Crippen molar-refractivity contribution in [1.29, 1.82) is 0 Å². The maximum atomic E-state index is 7.86. The molecule has 0 aliphatic heterocycles. The minimum atomic E-state index is -1.20. The third-order valence-corrected chi connectivity index (χ3v) is 5.49. The molecule has 0 aromatic rings. The summed E-state index contributed by atoms with van der Waals surface area (Å²) in [4.78, 5) is 0. The van der Waals surface area contributed by atoms with Crippen LogP contribution in [0.3, 0.4) is 0 Å². The van der Waals surface area contributed by atoms with Crippen LogP contribution >= 0.6 is 7.26 Å². The molecule has 0 bridgehead atoms. The summed E-state index contributed by atoms with van der Waals surface area (Å²) < 4.78 is 15.3. The molecule has 0 aromatic carbocycles. The van der Waals surface area contributed by atoms with Gasteiger partial charge in [0.25, 0.3) is 0 Å². The van der Waals surface area contributed by atoms with E-state index >= 15 is 0 Å². The van der Waals surface area contributed by atoms with Gasteiger partial charge in [0.05, 0.1) is 21.2 Å². The summed E-state index contributed by atoms with van der Waals surface area (Å²) in [6, 6.07) is 0. The van der Waals surface area contributed by atoms with E-state index in [0.717, 1.165) is 18.7 Å². The van der Waals surface area contributed by atoms with E-state index in [1.165, 1.54) is 0 Å². The molecule has 1 radical (unpaired) electrons. The van der Waals surface area contributed by atoms with E-state index in [1.54, 1.807) is 0 Å². The normalized spacial score (nSPS) is 16.7. The van der Waals surface area contributed by atoms with Gasteiger partial charge in [-0.2, -0.15) is 0 Å². The molecule has 0 spiro atoms. The van der Waals surface area contributed by atoms with Crippen molar-refractivity contribution in [3.8, 4) is 0 Å². The zero-order chi connectivity index (χ0) is 8.91. The summed E-state index contributed by atoms with van der Waals surface area (Å²) in [5, 5.41) is 0. The summed E-state index contributed by atoms with van der Waals surface area (Å²) in [5.74, 6) is 0. The molecule has 0 aliphatic rings. The van der Waals surface area contributed by atoms with Gasteiger partial charge in [0.15, 0.2) is 0 Å². The number of hydrogen-bond donors (Lipinski definition) is 0. The second kappa shape index (κ2) is 7.20. The fourth-order valence-corrected chi connectivity index (χ4v) is 2.61. The van der Waals surface area contributed by atoms with Crippen LogP contribution in [0.1, 0.15) is 29.9 Å². The Morgan fingerprint density at radius 2 is 1.80 bits per heavy atom. The molecule has 1 atom stereocenters. The standard InChI is InChI=1S/C8H20P.Y/c1-5-8-9(4,6-2)7-3;/h5-8H2,1-4H3;/q+1;/i4D,8D;. The van der Waals surface area contributed by atoms with Crippen LogP contribution in [-0.4, -0.2) is 25.1 Å². The van der Waals surface area contributed by atoms with E-state index in [0.29, 0.717) is 6.64 Å². The van der Waals surface area contributed by atoms with E-state index in [9.17, 15) is 0 Å². The first-order valence-electron chi connectivity index (χ1n) is 5.02. The second-order valence-corrected chi connectivity index (χ2v) is 6.51. The van der Waals surface area contributed by atoms with Crippen LogP contribution in [0.4, 0.5) is 0 Å². The Bertz CT molecular complexity index is 99.0. The molecule has 0 saturated heterocycles. The SMILES string of the molecule is [2H]C[P+](CC)(CC)C([2H])CC.[Y]. The summed E-state index contributed by atoms with van der Waals surface area (Å²) in [6.07, 6.45) is 3.15. The van der Waals surface area contributed by atoms with Crippen molar-refractivity contribution in [2.24, 2.45) is 0 Å². The van der Waals surface area contributed by atoms with Crippen molar-refractivity contribution < 1.29 is 35.5 Å². The second-order valence-electron chi connectivity index (χ2n) is 2.44. The summed E-state index contributed by atoms with van der Waals surface area (Å²) >= 11 is 0. The molecule has 0 aromatic heterocycles. The van der Waals surface area contributed by atoms with Crippen molar-refractivity contribution >= 4 is 7.26 Å². The topological polar surface area (TPSA) is 0 Å². The van der Waals surface area contributed by atoms with Crippen LogP contribution in [-0.2, 0) is 32.7 Å². The number of rotatable bonds is 4. The molecule has 10 heavy (non-hydrogen) atoms. The molecule has 0 N–H and O–H groups in total. The Kier molecular flexibility index (Phi) is 6.92. The molecule has 0 rings (SSSR count). The first-order chi connectivity index (χ1) is 5.16. The quantitative estimate of drug-likeness (QED) is 0.660. The van der Waals surface area contributed by atoms with Crippen LogP contribution in [0, 0.1) is 0 Å². The predicted molar refractivity (Wildman–Crippen MR) is 49.1 cm³/mol. The molecular formula is C8H20PY+. The summed E-state index contributed by atoms with van der Waals surface area (Å²) in [6.45, 7) is 6.86. The third kappa shape index (κ3) is 5.22. The van der Waals surface area contributed by atoms with Gasteiger partial charge in [-0.05, 0) is 20.3 Å². The van der Waals surface area contributed by atoms with Gasteiger partial charge in [0, 0.05) is 46.6 Å². The van der Waals surface area contributed by atoms with Gasteiger partial charge in [-0.1, -0.05) is 6.92 Å². The van der Waals surface area contributed by atoms with Gasteiger partial charge in [0.2, 0.25) is 0 Å². The van der Waals surface area contributed by atoms with Crippen molar-refractivity contribution in [2.75, 3.05) is 25.1 Å². The predicted octanol–water partition coefficient (Wildman–Crippen LogP) is 3.08. The van der Waals surface area contributed by atoms with Gasteiger partial charge in [-0.25, -0.2) is 0 Å². The zero-order valence-corrected chi connectivity index (χ0v) is 11.2. The smallest absolute Gasteiger partial charge is 0.0619 e. The fourth-order valence-electron chi connectivity index (χ4n) is 0.869. The molecule has 0 fully saturated rings. The van der Waals surface area contributed by atoms with Crippen molar-refractivity contribution in [3.05, 3.63) is 0 Å². The van der Waals surface area contributed by atoms with Crippen LogP contribution in [0.15, 0.2) is 0 Å². The van der Waals surface area contributed by atoms with Crippen LogP contribution in [0.5, 0.6) is 0 Å². The average Bonchev–Trinajstić information content (AvgIpc) is 2.08. The summed E-state index contributed by atoms with van der Waals surface area (Å²) in [5.41, 5.74) is 0. The Balaban J connectivity index is 0. The molecular weight excluding hydrogens is 216 g/mol. The third-order valence-electron chi connectivity index (χ3n) is 1.83. The van der Waals surface area contributed by atoms with Crippen molar-refractivity contribution in [1.82, 2.24) is 0 Å². The Morgan fingerprint density at radius 1 is 1.30 bits per heavy atom. The van der Waals surface area contributed by atoms with Crippen molar-refractivity contribution in [2.45, 2.75) is 27.2 Å². The van der Waals surface area contributed by atoms with E-state index in [2.05, 4.69) is 20.8 Å². The maximum Gasteiger partial charge on any atom is 0.0708 e. The molecule has 1 unspecified atom stereocenters. The van der Waals surface area contributed by atoms with Gasteiger partial charge in [-0.15, -0.1) is 0 Å². The minimum absolute atomic E-state index is 0. The molecule has 59 valence electrons. The van der Waals surface area contributed by atoms with E-state index in [-0.39, 0.29) is 38.8 Å². The Morgan fingerprint density at radius 3 is 1.90 bits per heavy atom. The van der Waals surface area contributed by atoms with Gasteiger partial charge < -0.3 is 0 Å². The first-order valence-corrected chi connectivity index (χ1v) is 6.15. The molecule has 0 amide bonds. The van der Waals surface area contributed by atoms with Crippen molar-refractivity contribution in [3.63, 3.8) is 0 Å².